The summed E-state index contributed by atoms with van der Waals surface area (Å²) in [7, 11) is 3.49. The van der Waals surface area contributed by atoms with Crippen LogP contribution in [0.2, 0.25) is 0 Å². The summed E-state index contributed by atoms with van der Waals surface area (Å²) < 4.78 is 5.26. The number of rotatable bonds is 7. The molecule has 0 aromatic heterocycles. The first-order valence-electron chi connectivity index (χ1n) is 10.3. The minimum Gasteiger partial charge on any atom is -0.497 e. The monoisotopic (exact) mass is 394 g/mol. The lowest BCUT2D eigenvalue weighted by Gasteiger charge is -2.41. The second-order valence-corrected chi connectivity index (χ2v) is 7.54. The summed E-state index contributed by atoms with van der Waals surface area (Å²) in [6.45, 7) is 3.22. The maximum atomic E-state index is 13.4. The molecule has 0 saturated carbocycles. The van der Waals surface area contributed by atoms with Gasteiger partial charge in [0.1, 0.15) is 5.75 Å². The summed E-state index contributed by atoms with van der Waals surface area (Å²) in [5.41, 5.74) is 2.20. The van der Waals surface area contributed by atoms with E-state index < -0.39 is 0 Å². The molecule has 5 nitrogen and oxygen atoms in total. The minimum atomic E-state index is -0.237. The van der Waals surface area contributed by atoms with Gasteiger partial charge in [-0.3, -0.25) is 9.59 Å². The van der Waals surface area contributed by atoms with E-state index in [1.165, 1.54) is 5.56 Å². The Morgan fingerprint density at radius 2 is 1.83 bits per heavy atom. The number of nitrogens with zero attached hydrogens (tertiary/aromatic N) is 2. The van der Waals surface area contributed by atoms with Crippen molar-refractivity contribution in [1.29, 1.82) is 0 Å². The van der Waals surface area contributed by atoms with Crippen LogP contribution in [-0.4, -0.2) is 48.9 Å². The van der Waals surface area contributed by atoms with Crippen molar-refractivity contribution in [3.05, 3.63) is 65.7 Å². The zero-order valence-electron chi connectivity index (χ0n) is 17.5. The van der Waals surface area contributed by atoms with Crippen LogP contribution < -0.4 is 4.74 Å². The zero-order chi connectivity index (χ0) is 20.8. The van der Waals surface area contributed by atoms with Gasteiger partial charge in [0.05, 0.1) is 19.1 Å². The van der Waals surface area contributed by atoms with Crippen LogP contribution in [0.25, 0.3) is 0 Å². The fourth-order valence-corrected chi connectivity index (χ4v) is 4.13. The number of piperidine rings is 1. The van der Waals surface area contributed by atoms with E-state index in [2.05, 4.69) is 12.1 Å². The third kappa shape index (κ3) is 4.78. The number of benzene rings is 2. The number of methoxy groups -OCH3 is 1. The van der Waals surface area contributed by atoms with E-state index in [0.29, 0.717) is 25.9 Å². The summed E-state index contributed by atoms with van der Waals surface area (Å²) >= 11 is 0. The van der Waals surface area contributed by atoms with Crippen LogP contribution in [0, 0.1) is 5.92 Å². The third-order valence-electron chi connectivity index (χ3n) is 5.78. The molecule has 29 heavy (non-hydrogen) atoms. The molecule has 0 N–H and O–H groups in total. The quantitative estimate of drug-likeness (QED) is 0.720. The second-order valence-electron chi connectivity index (χ2n) is 7.54. The van der Waals surface area contributed by atoms with Gasteiger partial charge in [-0.15, -0.1) is 0 Å². The molecule has 1 fully saturated rings. The molecule has 0 aliphatic carbocycles. The lowest BCUT2D eigenvalue weighted by molar-refractivity contribution is -0.147. The van der Waals surface area contributed by atoms with Crippen LogP contribution >= 0.6 is 0 Å². The van der Waals surface area contributed by atoms with Crippen molar-refractivity contribution in [2.75, 3.05) is 27.2 Å². The van der Waals surface area contributed by atoms with E-state index in [-0.39, 0.29) is 23.8 Å². The second kappa shape index (κ2) is 9.59. The van der Waals surface area contributed by atoms with Gasteiger partial charge in [-0.1, -0.05) is 42.5 Å². The lowest BCUT2D eigenvalue weighted by atomic mass is 9.83. The number of hydrogen-bond acceptors (Lipinski definition) is 3. The number of likely N-dealkylation sites (tertiary alicyclic amines) is 1. The van der Waals surface area contributed by atoms with E-state index >= 15 is 0 Å². The number of likely N-dealkylation sites (N-methyl/N-ethyl adjacent to an activating group) is 1. The molecule has 0 radical (unpaired) electrons. The van der Waals surface area contributed by atoms with Crippen LogP contribution in [0.4, 0.5) is 0 Å². The first kappa shape index (κ1) is 20.9. The van der Waals surface area contributed by atoms with Gasteiger partial charge in [0.2, 0.25) is 11.8 Å². The van der Waals surface area contributed by atoms with E-state index in [4.69, 9.17) is 4.74 Å². The van der Waals surface area contributed by atoms with E-state index in [0.717, 1.165) is 17.7 Å². The Morgan fingerprint density at radius 3 is 2.45 bits per heavy atom. The molecule has 0 bridgehead atoms. The zero-order valence-corrected chi connectivity index (χ0v) is 17.5. The Balaban J connectivity index is 1.79. The van der Waals surface area contributed by atoms with Gasteiger partial charge in [-0.25, -0.2) is 0 Å². The number of carbonyl (C=O) groups is 2. The van der Waals surface area contributed by atoms with Crippen molar-refractivity contribution >= 4 is 11.8 Å². The van der Waals surface area contributed by atoms with Gasteiger partial charge in [-0.2, -0.15) is 0 Å². The van der Waals surface area contributed by atoms with Gasteiger partial charge in [0.25, 0.3) is 0 Å². The molecule has 1 saturated heterocycles. The van der Waals surface area contributed by atoms with Crippen LogP contribution in [0.15, 0.2) is 54.6 Å². The van der Waals surface area contributed by atoms with Gasteiger partial charge in [-0.05, 0) is 43.0 Å². The summed E-state index contributed by atoms with van der Waals surface area (Å²) in [5.74, 6) is 0.751. The van der Waals surface area contributed by atoms with E-state index in [1.807, 2.05) is 66.2 Å². The largest absolute Gasteiger partial charge is 0.497 e. The molecule has 2 atom stereocenters. The SMILES string of the molecule is CCN1C(=O)CC[C@@H](C(=O)N(C)CCc2ccccc2)[C@@H]1c1ccc(OC)cc1. The Labute approximate surface area is 173 Å². The highest BCUT2D eigenvalue weighted by Crippen LogP contribution is 2.38. The average molecular weight is 395 g/mol. The van der Waals surface area contributed by atoms with Crippen molar-refractivity contribution in [2.24, 2.45) is 5.92 Å². The molecule has 1 heterocycles. The van der Waals surface area contributed by atoms with Gasteiger partial charge in [0.15, 0.2) is 0 Å². The molecule has 154 valence electrons. The Bertz CT molecular complexity index is 820. The van der Waals surface area contributed by atoms with Gasteiger partial charge in [0, 0.05) is 26.6 Å². The molecule has 0 unspecified atom stereocenters. The number of ether oxygens (including phenoxy) is 1. The standard InChI is InChI=1S/C24H30N2O3/c1-4-26-22(27)15-14-21(23(26)19-10-12-20(29-3)13-11-19)24(28)25(2)17-16-18-8-6-5-7-9-18/h5-13,21,23H,4,14-17H2,1-3H3/t21-,23+/m1/s1. The van der Waals surface area contributed by atoms with Crippen molar-refractivity contribution in [1.82, 2.24) is 9.80 Å². The fourth-order valence-electron chi connectivity index (χ4n) is 4.13. The molecule has 2 aromatic carbocycles. The predicted octanol–water partition coefficient (Wildman–Crippen LogP) is 3.70. The van der Waals surface area contributed by atoms with Crippen LogP contribution in [0.5, 0.6) is 5.75 Å². The topological polar surface area (TPSA) is 49.9 Å². The van der Waals surface area contributed by atoms with Gasteiger partial charge >= 0.3 is 0 Å². The fraction of sp³-hybridized carbons (Fsp3) is 0.417. The smallest absolute Gasteiger partial charge is 0.227 e. The number of hydrogen-bond donors (Lipinski definition) is 0. The molecule has 1 aliphatic heterocycles. The first-order chi connectivity index (χ1) is 14.0. The highest BCUT2D eigenvalue weighted by Gasteiger charge is 2.40. The number of carbonyl (C=O) groups excluding carboxylic acids is 2. The molecule has 2 amide bonds. The van der Waals surface area contributed by atoms with Crippen LogP contribution in [-0.2, 0) is 16.0 Å². The molecular formula is C24H30N2O3. The average Bonchev–Trinajstić information content (AvgIpc) is 2.77. The normalized spacial score (nSPS) is 19.1. The Kier molecular flexibility index (Phi) is 6.91. The molecular weight excluding hydrogens is 364 g/mol. The molecule has 1 aliphatic rings. The van der Waals surface area contributed by atoms with E-state index in [1.54, 1.807) is 7.11 Å². The summed E-state index contributed by atoms with van der Waals surface area (Å²) in [6.07, 6.45) is 1.82. The van der Waals surface area contributed by atoms with Crippen molar-refractivity contribution in [3.8, 4) is 5.75 Å². The van der Waals surface area contributed by atoms with Crippen molar-refractivity contribution < 1.29 is 14.3 Å². The summed E-state index contributed by atoms with van der Waals surface area (Å²) in [5, 5.41) is 0. The predicted molar refractivity (Wildman–Crippen MR) is 114 cm³/mol. The van der Waals surface area contributed by atoms with E-state index in [9.17, 15) is 9.59 Å². The molecule has 2 aromatic rings. The van der Waals surface area contributed by atoms with Crippen LogP contribution in [0.3, 0.4) is 0 Å². The minimum absolute atomic E-state index is 0.104. The third-order valence-corrected chi connectivity index (χ3v) is 5.78. The Morgan fingerprint density at radius 1 is 1.14 bits per heavy atom. The maximum absolute atomic E-state index is 13.4. The molecule has 3 rings (SSSR count). The highest BCUT2D eigenvalue weighted by molar-refractivity contribution is 5.85. The Hall–Kier alpha value is -2.82. The van der Waals surface area contributed by atoms with Crippen LogP contribution in [0.1, 0.15) is 36.9 Å². The molecule has 0 spiro atoms. The summed E-state index contributed by atoms with van der Waals surface area (Å²) in [6, 6.07) is 17.7. The summed E-state index contributed by atoms with van der Waals surface area (Å²) in [4.78, 5) is 29.6. The first-order valence-corrected chi connectivity index (χ1v) is 10.3. The molecule has 5 heteroatoms. The van der Waals surface area contributed by atoms with Crippen molar-refractivity contribution in [2.45, 2.75) is 32.2 Å². The van der Waals surface area contributed by atoms with Gasteiger partial charge < -0.3 is 14.5 Å². The highest BCUT2D eigenvalue weighted by atomic mass is 16.5. The van der Waals surface area contributed by atoms with Crippen molar-refractivity contribution in [3.63, 3.8) is 0 Å². The maximum Gasteiger partial charge on any atom is 0.227 e. The number of amides is 2. The lowest BCUT2D eigenvalue weighted by Crippen LogP contribution is -2.48.